The zero-order valence-corrected chi connectivity index (χ0v) is 12.9. The van der Waals surface area contributed by atoms with Crippen LogP contribution in [-0.2, 0) is 0 Å². The number of aromatic amines is 1. The average Bonchev–Trinajstić information content (AvgIpc) is 2.51. The van der Waals surface area contributed by atoms with Gasteiger partial charge in [-0.3, -0.25) is 9.78 Å². The van der Waals surface area contributed by atoms with Crippen molar-refractivity contribution in [3.05, 3.63) is 45.9 Å². The van der Waals surface area contributed by atoms with Crippen molar-refractivity contribution < 1.29 is 9.47 Å². The van der Waals surface area contributed by atoms with Gasteiger partial charge in [-0.2, -0.15) is 5.10 Å². The summed E-state index contributed by atoms with van der Waals surface area (Å²) in [5.41, 5.74) is 4.70. The molecule has 7 heteroatoms. The van der Waals surface area contributed by atoms with Gasteiger partial charge >= 0.3 is 0 Å². The first-order valence-corrected chi connectivity index (χ1v) is 6.64. The molecule has 0 saturated carbocycles. The van der Waals surface area contributed by atoms with Crippen molar-refractivity contribution in [1.29, 1.82) is 0 Å². The van der Waals surface area contributed by atoms with Crippen LogP contribution in [0.4, 0.5) is 5.95 Å². The smallest absolute Gasteiger partial charge is 0.252 e. The number of rotatable bonds is 5. The number of hydrazone groups is 1. The number of hydrogen-bond donors (Lipinski definition) is 2. The number of aromatic nitrogens is 2. The molecule has 0 amide bonds. The van der Waals surface area contributed by atoms with E-state index in [0.717, 1.165) is 5.56 Å². The quantitative estimate of drug-likeness (QED) is 0.651. The van der Waals surface area contributed by atoms with Crippen LogP contribution in [0.5, 0.6) is 11.5 Å². The third-order valence-corrected chi connectivity index (χ3v) is 3.00. The molecule has 7 nitrogen and oxygen atoms in total. The van der Waals surface area contributed by atoms with E-state index in [2.05, 4.69) is 20.5 Å². The minimum absolute atomic E-state index is 0.228. The Balaban J connectivity index is 2.23. The number of hydrogen-bond acceptors (Lipinski definition) is 6. The molecule has 0 radical (unpaired) electrons. The van der Waals surface area contributed by atoms with Crippen molar-refractivity contribution in [2.24, 2.45) is 5.10 Å². The Morgan fingerprint density at radius 3 is 2.59 bits per heavy atom. The molecule has 1 aromatic heterocycles. The van der Waals surface area contributed by atoms with Crippen molar-refractivity contribution in [2.75, 3.05) is 19.6 Å². The van der Waals surface area contributed by atoms with Gasteiger partial charge in [0.1, 0.15) is 0 Å². The first kappa shape index (κ1) is 15.6. The van der Waals surface area contributed by atoms with Crippen LogP contribution in [-0.4, -0.2) is 29.9 Å². The van der Waals surface area contributed by atoms with E-state index < -0.39 is 0 Å². The van der Waals surface area contributed by atoms with Crippen molar-refractivity contribution in [2.45, 2.75) is 13.8 Å². The Morgan fingerprint density at radius 2 is 1.95 bits per heavy atom. The van der Waals surface area contributed by atoms with E-state index in [1.165, 1.54) is 6.07 Å². The molecule has 0 fully saturated rings. The Labute approximate surface area is 128 Å². The largest absolute Gasteiger partial charge is 0.493 e. The number of nitrogens with zero attached hydrogens (tertiary/aromatic N) is 2. The summed E-state index contributed by atoms with van der Waals surface area (Å²) in [6, 6.07) is 6.91. The summed E-state index contributed by atoms with van der Waals surface area (Å²) < 4.78 is 10.5. The molecule has 0 saturated heterocycles. The van der Waals surface area contributed by atoms with E-state index in [-0.39, 0.29) is 5.56 Å². The van der Waals surface area contributed by atoms with Crippen LogP contribution in [0.3, 0.4) is 0 Å². The van der Waals surface area contributed by atoms with E-state index in [0.29, 0.717) is 28.9 Å². The van der Waals surface area contributed by atoms with E-state index >= 15 is 0 Å². The summed E-state index contributed by atoms with van der Waals surface area (Å²) in [7, 11) is 3.16. The van der Waals surface area contributed by atoms with Crippen molar-refractivity contribution >= 4 is 11.7 Å². The fourth-order valence-electron chi connectivity index (χ4n) is 1.89. The molecule has 2 N–H and O–H groups in total. The van der Waals surface area contributed by atoms with Crippen LogP contribution in [0, 0.1) is 6.92 Å². The van der Waals surface area contributed by atoms with Crippen molar-refractivity contribution in [3.8, 4) is 11.5 Å². The van der Waals surface area contributed by atoms with Gasteiger partial charge in [0.25, 0.3) is 5.56 Å². The normalized spacial score (nSPS) is 11.2. The number of H-pyrrole nitrogens is 1. The first-order chi connectivity index (χ1) is 10.5. The maximum Gasteiger partial charge on any atom is 0.252 e. The maximum atomic E-state index is 11.4. The van der Waals surface area contributed by atoms with Crippen LogP contribution in [0.1, 0.15) is 18.2 Å². The van der Waals surface area contributed by atoms with Crippen LogP contribution >= 0.6 is 0 Å². The molecule has 0 spiro atoms. The number of aryl methyl sites for hydroxylation is 1. The second-order valence-electron chi connectivity index (χ2n) is 4.61. The number of anilines is 1. The lowest BCUT2D eigenvalue weighted by Gasteiger charge is -2.09. The molecule has 0 bridgehead atoms. The Kier molecular flexibility index (Phi) is 4.77. The van der Waals surface area contributed by atoms with E-state index in [9.17, 15) is 4.79 Å². The summed E-state index contributed by atoms with van der Waals surface area (Å²) in [4.78, 5) is 18.1. The lowest BCUT2D eigenvalue weighted by molar-refractivity contribution is 0.355. The first-order valence-electron chi connectivity index (χ1n) is 6.64. The number of benzene rings is 1. The average molecular weight is 302 g/mol. The highest BCUT2D eigenvalue weighted by Crippen LogP contribution is 2.27. The zero-order chi connectivity index (χ0) is 16.1. The Morgan fingerprint density at radius 1 is 1.23 bits per heavy atom. The van der Waals surface area contributed by atoms with Gasteiger partial charge in [0.05, 0.1) is 19.9 Å². The highest BCUT2D eigenvalue weighted by Gasteiger charge is 2.06. The monoisotopic (exact) mass is 302 g/mol. The molecule has 0 aliphatic rings. The second kappa shape index (κ2) is 6.75. The molecule has 0 atom stereocenters. The Bertz CT molecular complexity index is 753. The van der Waals surface area contributed by atoms with Crippen LogP contribution in [0.25, 0.3) is 0 Å². The van der Waals surface area contributed by atoms with Crippen molar-refractivity contribution in [1.82, 2.24) is 9.97 Å². The predicted octanol–water partition coefficient (Wildman–Crippen LogP) is 1.93. The lowest BCUT2D eigenvalue weighted by atomic mass is 10.1. The molecule has 0 aliphatic heterocycles. The van der Waals surface area contributed by atoms with E-state index in [1.807, 2.05) is 19.1 Å². The molecule has 0 aliphatic carbocycles. The zero-order valence-electron chi connectivity index (χ0n) is 12.9. The summed E-state index contributed by atoms with van der Waals surface area (Å²) in [5.74, 6) is 1.57. The van der Waals surface area contributed by atoms with Gasteiger partial charge in [0, 0.05) is 17.3 Å². The van der Waals surface area contributed by atoms with Crippen LogP contribution in [0.15, 0.2) is 34.2 Å². The van der Waals surface area contributed by atoms with Crippen molar-refractivity contribution in [3.63, 3.8) is 0 Å². The third-order valence-electron chi connectivity index (χ3n) is 3.00. The fourth-order valence-corrected chi connectivity index (χ4v) is 1.89. The van der Waals surface area contributed by atoms with Gasteiger partial charge in [0.15, 0.2) is 11.5 Å². The number of methoxy groups -OCH3 is 2. The summed E-state index contributed by atoms with van der Waals surface area (Å²) in [6.07, 6.45) is 0. The molecule has 1 aromatic carbocycles. The fraction of sp³-hybridized carbons (Fsp3) is 0.267. The molecule has 22 heavy (non-hydrogen) atoms. The SMILES string of the molecule is COc1ccc(C(C)=NNc2nc(C)cc(=O)[nH]2)cc1OC. The van der Waals surface area contributed by atoms with Gasteiger partial charge < -0.3 is 9.47 Å². The predicted molar refractivity (Wildman–Crippen MR) is 85.0 cm³/mol. The minimum atomic E-state index is -0.228. The molecule has 2 rings (SSSR count). The number of ether oxygens (including phenoxy) is 2. The summed E-state index contributed by atoms with van der Waals surface area (Å²) in [6.45, 7) is 3.58. The third kappa shape index (κ3) is 3.63. The topological polar surface area (TPSA) is 88.6 Å². The van der Waals surface area contributed by atoms with Gasteiger partial charge in [-0.25, -0.2) is 10.4 Å². The molecule has 1 heterocycles. The standard InChI is InChI=1S/C15H18N4O3/c1-9-7-14(20)17-15(16-9)19-18-10(2)11-5-6-12(21-3)13(8-11)22-4/h5-8H,1-4H3,(H2,16,17,19,20). The molecule has 0 unspecified atom stereocenters. The van der Waals surface area contributed by atoms with Gasteiger partial charge in [-0.15, -0.1) is 0 Å². The second-order valence-corrected chi connectivity index (χ2v) is 4.61. The van der Waals surface area contributed by atoms with Crippen LogP contribution < -0.4 is 20.5 Å². The van der Waals surface area contributed by atoms with E-state index in [4.69, 9.17) is 9.47 Å². The van der Waals surface area contributed by atoms with Gasteiger partial charge in [-0.05, 0) is 32.0 Å². The summed E-state index contributed by atoms with van der Waals surface area (Å²) in [5, 5.41) is 4.22. The number of nitrogens with one attached hydrogen (secondary N) is 2. The van der Waals surface area contributed by atoms with Gasteiger partial charge in [0.2, 0.25) is 5.95 Å². The molecular formula is C15H18N4O3. The minimum Gasteiger partial charge on any atom is -0.493 e. The van der Waals surface area contributed by atoms with E-state index in [1.54, 1.807) is 27.2 Å². The Hall–Kier alpha value is -2.83. The van der Waals surface area contributed by atoms with Crippen LogP contribution in [0.2, 0.25) is 0 Å². The molecule has 2 aromatic rings. The molecular weight excluding hydrogens is 284 g/mol. The maximum absolute atomic E-state index is 11.4. The van der Waals surface area contributed by atoms with Gasteiger partial charge in [-0.1, -0.05) is 0 Å². The highest BCUT2D eigenvalue weighted by molar-refractivity contribution is 5.99. The summed E-state index contributed by atoms with van der Waals surface area (Å²) >= 11 is 0. The lowest BCUT2D eigenvalue weighted by Crippen LogP contribution is -2.11. The highest BCUT2D eigenvalue weighted by atomic mass is 16.5. The molecule has 116 valence electrons.